The van der Waals surface area contributed by atoms with Gasteiger partial charge >= 0.3 is 0 Å². The minimum atomic E-state index is 0.631. The van der Waals surface area contributed by atoms with E-state index in [1.165, 1.54) is 0 Å². The lowest BCUT2D eigenvalue weighted by Gasteiger charge is -2.08. The summed E-state index contributed by atoms with van der Waals surface area (Å²) in [5.74, 6) is 0. The van der Waals surface area contributed by atoms with Crippen molar-refractivity contribution in [3.63, 3.8) is 0 Å². The second-order valence-corrected chi connectivity index (χ2v) is 4.87. The molecule has 0 amide bonds. The monoisotopic (exact) mass is 306 g/mol. The highest BCUT2D eigenvalue weighted by Gasteiger charge is 1.97. The molecule has 4 heteroatoms. The zero-order valence-electron chi connectivity index (χ0n) is 10.2. The Labute approximate surface area is 115 Å². The third kappa shape index (κ3) is 3.82. The smallest absolute Gasteiger partial charge is 0.0713 e. The van der Waals surface area contributed by atoms with Crippen molar-refractivity contribution in [2.45, 2.75) is 13.2 Å². The van der Waals surface area contributed by atoms with Gasteiger partial charge in [-0.1, -0.05) is 12.1 Å². The van der Waals surface area contributed by atoms with Crippen molar-refractivity contribution < 1.29 is 4.74 Å². The van der Waals surface area contributed by atoms with E-state index >= 15 is 0 Å². The molecule has 2 aromatic rings. The molecule has 1 N–H and O–H groups in total. The normalized spacial score (nSPS) is 10.3. The van der Waals surface area contributed by atoms with Crippen LogP contribution < -0.4 is 5.32 Å². The Morgan fingerprint density at radius 1 is 1.28 bits per heavy atom. The number of methoxy groups -OCH3 is 1. The minimum Gasteiger partial charge on any atom is -0.380 e. The summed E-state index contributed by atoms with van der Waals surface area (Å²) < 4.78 is 6.11. The highest BCUT2D eigenvalue weighted by atomic mass is 79.9. The van der Waals surface area contributed by atoms with Gasteiger partial charge in [0.15, 0.2) is 0 Å². The molecule has 0 atom stereocenters. The van der Waals surface area contributed by atoms with Gasteiger partial charge in [0.25, 0.3) is 0 Å². The van der Waals surface area contributed by atoms with Crippen molar-refractivity contribution in [2.24, 2.45) is 0 Å². The largest absolute Gasteiger partial charge is 0.380 e. The van der Waals surface area contributed by atoms with E-state index in [2.05, 4.69) is 32.3 Å². The molecule has 0 saturated carbocycles. The third-order valence-corrected chi connectivity index (χ3v) is 2.97. The molecule has 3 nitrogen and oxygen atoms in total. The van der Waals surface area contributed by atoms with Crippen LogP contribution in [0.2, 0.25) is 0 Å². The molecule has 1 aromatic carbocycles. The van der Waals surface area contributed by atoms with Gasteiger partial charge in [0.05, 0.1) is 18.8 Å². The lowest BCUT2D eigenvalue weighted by Crippen LogP contribution is -2.01. The molecule has 2 rings (SSSR count). The highest BCUT2D eigenvalue weighted by molar-refractivity contribution is 9.10. The van der Waals surface area contributed by atoms with Gasteiger partial charge in [-0.2, -0.15) is 0 Å². The van der Waals surface area contributed by atoms with E-state index in [0.717, 1.165) is 21.4 Å². The van der Waals surface area contributed by atoms with Crippen molar-refractivity contribution in [3.8, 4) is 0 Å². The Kier molecular flexibility index (Phi) is 4.73. The van der Waals surface area contributed by atoms with E-state index in [1.807, 2.05) is 30.3 Å². The minimum absolute atomic E-state index is 0.631. The molecule has 0 aliphatic rings. The first kappa shape index (κ1) is 13.1. The van der Waals surface area contributed by atoms with Gasteiger partial charge in [0.2, 0.25) is 0 Å². The second kappa shape index (κ2) is 6.52. The molecular weight excluding hydrogens is 292 g/mol. The maximum absolute atomic E-state index is 5.11. The number of nitrogens with one attached hydrogen (secondary N) is 1. The lowest BCUT2D eigenvalue weighted by atomic mass is 10.2. The molecule has 0 fully saturated rings. The zero-order chi connectivity index (χ0) is 12.8. The van der Waals surface area contributed by atoms with Crippen LogP contribution in [0.15, 0.2) is 47.1 Å². The molecule has 0 aliphatic heterocycles. The molecule has 0 bridgehead atoms. The summed E-state index contributed by atoms with van der Waals surface area (Å²) in [4.78, 5) is 4.32. The van der Waals surface area contributed by atoms with Gasteiger partial charge in [0, 0.05) is 23.5 Å². The summed E-state index contributed by atoms with van der Waals surface area (Å²) in [7, 11) is 1.70. The number of nitrogens with zero attached hydrogens (tertiary/aromatic N) is 1. The summed E-state index contributed by atoms with van der Waals surface area (Å²) >= 11 is 3.37. The number of halogens is 1. The molecule has 0 spiro atoms. The van der Waals surface area contributed by atoms with Crippen molar-refractivity contribution in [3.05, 3.63) is 58.3 Å². The Bertz CT molecular complexity index is 499. The first-order chi connectivity index (χ1) is 8.78. The number of pyridine rings is 1. The van der Waals surface area contributed by atoms with Crippen molar-refractivity contribution in [2.75, 3.05) is 12.4 Å². The van der Waals surface area contributed by atoms with Crippen LogP contribution in [0.3, 0.4) is 0 Å². The fraction of sp³-hybridized carbons (Fsp3) is 0.214. The van der Waals surface area contributed by atoms with Crippen molar-refractivity contribution in [1.82, 2.24) is 4.98 Å². The Balaban J connectivity index is 1.97. The molecule has 1 heterocycles. The summed E-state index contributed by atoms with van der Waals surface area (Å²) in [6.45, 7) is 1.34. The quantitative estimate of drug-likeness (QED) is 0.916. The topological polar surface area (TPSA) is 34.1 Å². The van der Waals surface area contributed by atoms with Crippen molar-refractivity contribution in [1.29, 1.82) is 0 Å². The molecule has 0 saturated heterocycles. The van der Waals surface area contributed by atoms with Crippen LogP contribution in [0.1, 0.15) is 11.3 Å². The van der Waals surface area contributed by atoms with Crippen LogP contribution >= 0.6 is 15.9 Å². The fourth-order valence-electron chi connectivity index (χ4n) is 1.64. The Hall–Kier alpha value is -1.39. The van der Waals surface area contributed by atoms with Gasteiger partial charge in [-0.25, -0.2) is 0 Å². The van der Waals surface area contributed by atoms with E-state index < -0.39 is 0 Å². The predicted molar refractivity (Wildman–Crippen MR) is 76.4 cm³/mol. The van der Waals surface area contributed by atoms with E-state index in [4.69, 9.17) is 4.74 Å². The number of ether oxygens (including phenoxy) is 1. The van der Waals surface area contributed by atoms with Crippen molar-refractivity contribution >= 4 is 21.6 Å². The van der Waals surface area contributed by atoms with E-state index in [0.29, 0.717) is 13.2 Å². The number of hydrogen-bond donors (Lipinski definition) is 1. The SMILES string of the molecule is COCc1cccc(NCc2ccc(Br)cn2)c1. The maximum atomic E-state index is 5.11. The standard InChI is InChI=1S/C14H15BrN2O/c1-18-10-11-3-2-4-13(7-11)17-9-14-6-5-12(15)8-16-14/h2-8,17H,9-10H2,1H3. The summed E-state index contributed by atoms with van der Waals surface area (Å²) in [5, 5.41) is 3.35. The Morgan fingerprint density at radius 2 is 2.17 bits per heavy atom. The number of anilines is 1. The lowest BCUT2D eigenvalue weighted by molar-refractivity contribution is 0.185. The van der Waals surface area contributed by atoms with Gasteiger partial charge < -0.3 is 10.1 Å². The predicted octanol–water partition coefficient (Wildman–Crippen LogP) is 3.60. The van der Waals surface area contributed by atoms with Gasteiger partial charge in [0.1, 0.15) is 0 Å². The van der Waals surface area contributed by atoms with E-state index in [1.54, 1.807) is 13.3 Å². The molecule has 0 aliphatic carbocycles. The summed E-state index contributed by atoms with van der Waals surface area (Å²) in [6.07, 6.45) is 1.80. The van der Waals surface area contributed by atoms with Gasteiger partial charge in [-0.15, -0.1) is 0 Å². The summed E-state index contributed by atoms with van der Waals surface area (Å²) in [5.41, 5.74) is 3.25. The molecule has 0 radical (unpaired) electrons. The fourth-order valence-corrected chi connectivity index (χ4v) is 1.88. The molecule has 94 valence electrons. The number of aromatic nitrogens is 1. The Morgan fingerprint density at radius 3 is 2.89 bits per heavy atom. The first-order valence-corrected chi connectivity index (χ1v) is 6.49. The van der Waals surface area contributed by atoms with Gasteiger partial charge in [-0.3, -0.25) is 4.98 Å². The first-order valence-electron chi connectivity index (χ1n) is 5.70. The molecule has 0 unspecified atom stereocenters. The zero-order valence-corrected chi connectivity index (χ0v) is 11.8. The molecular formula is C14H15BrN2O. The highest BCUT2D eigenvalue weighted by Crippen LogP contribution is 2.13. The van der Waals surface area contributed by atoms with Gasteiger partial charge in [-0.05, 0) is 45.8 Å². The molecule has 1 aromatic heterocycles. The van der Waals surface area contributed by atoms with Crippen LogP contribution in [-0.4, -0.2) is 12.1 Å². The number of benzene rings is 1. The number of rotatable bonds is 5. The third-order valence-electron chi connectivity index (χ3n) is 2.50. The molecule has 18 heavy (non-hydrogen) atoms. The van der Waals surface area contributed by atoms with Crippen LogP contribution in [0.25, 0.3) is 0 Å². The average Bonchev–Trinajstić information content (AvgIpc) is 2.39. The van der Waals surface area contributed by atoms with Crippen LogP contribution in [0.5, 0.6) is 0 Å². The van der Waals surface area contributed by atoms with Crippen LogP contribution in [0.4, 0.5) is 5.69 Å². The maximum Gasteiger partial charge on any atom is 0.0713 e. The van der Waals surface area contributed by atoms with Crippen LogP contribution in [-0.2, 0) is 17.9 Å². The average molecular weight is 307 g/mol. The summed E-state index contributed by atoms with van der Waals surface area (Å²) in [6, 6.07) is 12.2. The number of hydrogen-bond acceptors (Lipinski definition) is 3. The van der Waals surface area contributed by atoms with Crippen LogP contribution in [0, 0.1) is 0 Å². The van der Waals surface area contributed by atoms with E-state index in [9.17, 15) is 0 Å². The second-order valence-electron chi connectivity index (χ2n) is 3.95. The van der Waals surface area contributed by atoms with E-state index in [-0.39, 0.29) is 0 Å².